The molecule has 0 atom stereocenters. The van der Waals surface area contributed by atoms with Crippen LogP contribution in [0.15, 0.2) is 65.8 Å². The zero-order valence-corrected chi connectivity index (χ0v) is 18.4. The Labute approximate surface area is 180 Å². The second kappa shape index (κ2) is 8.49. The topological polar surface area (TPSA) is 77.7 Å². The Morgan fingerprint density at radius 3 is 2.30 bits per heavy atom. The summed E-state index contributed by atoms with van der Waals surface area (Å²) in [6.07, 6.45) is 0.537. The van der Waals surface area contributed by atoms with Gasteiger partial charge in [-0.2, -0.15) is 0 Å². The molecule has 0 amide bonds. The summed E-state index contributed by atoms with van der Waals surface area (Å²) in [5.41, 5.74) is 2.78. The highest BCUT2D eigenvalue weighted by molar-refractivity contribution is 7.90. The van der Waals surface area contributed by atoms with Gasteiger partial charge in [-0.1, -0.05) is 60.7 Å². The van der Waals surface area contributed by atoms with Crippen molar-refractivity contribution >= 4 is 21.2 Å². The summed E-state index contributed by atoms with van der Waals surface area (Å²) in [6, 6.07) is 19.6. The predicted molar refractivity (Wildman–Crippen MR) is 118 cm³/mol. The average molecular weight is 439 g/mol. The fraction of sp³-hybridized carbons (Fsp3) is 0.227. The van der Waals surface area contributed by atoms with Gasteiger partial charge in [0.05, 0.1) is 11.4 Å². The van der Waals surface area contributed by atoms with Crippen molar-refractivity contribution in [1.82, 2.24) is 19.7 Å². The number of benzene rings is 2. The highest BCUT2D eigenvalue weighted by atomic mass is 32.2. The molecule has 2 heterocycles. The van der Waals surface area contributed by atoms with Crippen LogP contribution in [0.5, 0.6) is 0 Å². The molecule has 8 heteroatoms. The lowest BCUT2D eigenvalue weighted by Gasteiger charge is -2.08. The van der Waals surface area contributed by atoms with E-state index in [9.17, 15) is 8.42 Å². The van der Waals surface area contributed by atoms with Crippen LogP contribution in [0.25, 0.3) is 10.6 Å². The van der Waals surface area contributed by atoms with Crippen molar-refractivity contribution in [2.75, 3.05) is 0 Å². The van der Waals surface area contributed by atoms with Gasteiger partial charge in [-0.15, -0.1) is 21.5 Å². The first kappa shape index (κ1) is 20.4. The molecule has 0 N–H and O–H groups in total. The van der Waals surface area contributed by atoms with Crippen LogP contribution >= 0.6 is 11.3 Å². The van der Waals surface area contributed by atoms with Gasteiger partial charge in [0.25, 0.3) is 0 Å². The largest absolute Gasteiger partial charge is 0.302 e. The summed E-state index contributed by atoms with van der Waals surface area (Å²) >= 11 is 1.41. The lowest BCUT2D eigenvalue weighted by molar-refractivity contribution is 0.563. The highest BCUT2D eigenvalue weighted by Gasteiger charge is 2.26. The first-order chi connectivity index (χ1) is 14.5. The van der Waals surface area contributed by atoms with Crippen molar-refractivity contribution in [3.63, 3.8) is 0 Å². The number of aryl methyl sites for hydroxylation is 1. The van der Waals surface area contributed by atoms with Gasteiger partial charge in [-0.05, 0) is 19.4 Å². The Morgan fingerprint density at radius 2 is 1.63 bits per heavy atom. The Bertz CT molecular complexity index is 1250. The second-order valence-corrected chi connectivity index (χ2v) is 9.93. The molecule has 154 valence electrons. The van der Waals surface area contributed by atoms with Crippen LogP contribution in [0.1, 0.15) is 28.9 Å². The van der Waals surface area contributed by atoms with Gasteiger partial charge in [0.15, 0.2) is 0 Å². The van der Waals surface area contributed by atoms with Gasteiger partial charge in [-0.3, -0.25) is 0 Å². The summed E-state index contributed by atoms with van der Waals surface area (Å²) in [5.74, 6) is 0.514. The number of sulfone groups is 1. The van der Waals surface area contributed by atoms with Crippen LogP contribution in [-0.4, -0.2) is 28.2 Å². The van der Waals surface area contributed by atoms with Gasteiger partial charge in [-0.25, -0.2) is 13.4 Å². The maximum Gasteiger partial charge on any atom is 0.250 e. The molecule has 30 heavy (non-hydrogen) atoms. The molecule has 0 unspecified atom stereocenters. The van der Waals surface area contributed by atoms with Crippen LogP contribution < -0.4 is 0 Å². The van der Waals surface area contributed by atoms with Crippen LogP contribution in [0, 0.1) is 6.92 Å². The van der Waals surface area contributed by atoms with E-state index in [1.807, 2.05) is 74.5 Å². The zero-order valence-electron chi connectivity index (χ0n) is 16.8. The van der Waals surface area contributed by atoms with Crippen molar-refractivity contribution in [3.8, 4) is 10.6 Å². The standard InChI is InChI=1S/C22H22N4O2S2/c1-3-26-20(14-17-10-6-4-7-11-17)24-25-22(26)30(27,28)15-19-16(2)23-21(29-19)18-12-8-5-9-13-18/h4-13H,3,14-15H2,1-2H3. The summed E-state index contributed by atoms with van der Waals surface area (Å²) in [5, 5.41) is 9.08. The molecule has 0 spiro atoms. The smallest absolute Gasteiger partial charge is 0.250 e. The molecule has 0 radical (unpaired) electrons. The van der Waals surface area contributed by atoms with Crippen molar-refractivity contribution in [3.05, 3.63) is 82.6 Å². The van der Waals surface area contributed by atoms with E-state index >= 15 is 0 Å². The Hall–Kier alpha value is -2.84. The molecule has 0 aliphatic carbocycles. The summed E-state index contributed by atoms with van der Waals surface area (Å²) in [7, 11) is -3.66. The fourth-order valence-corrected chi connectivity index (χ4v) is 6.26. The van der Waals surface area contributed by atoms with Crippen molar-refractivity contribution in [2.24, 2.45) is 0 Å². The molecule has 0 saturated carbocycles. The quantitative estimate of drug-likeness (QED) is 0.430. The number of hydrogen-bond donors (Lipinski definition) is 0. The van der Waals surface area contributed by atoms with E-state index in [0.29, 0.717) is 18.8 Å². The van der Waals surface area contributed by atoms with Crippen molar-refractivity contribution in [1.29, 1.82) is 0 Å². The van der Waals surface area contributed by atoms with E-state index in [1.54, 1.807) is 4.57 Å². The van der Waals surface area contributed by atoms with Crippen LogP contribution in [0.3, 0.4) is 0 Å². The van der Waals surface area contributed by atoms with E-state index in [1.165, 1.54) is 11.3 Å². The number of thiazole rings is 1. The molecule has 6 nitrogen and oxygen atoms in total. The minimum absolute atomic E-state index is 0.0185. The van der Waals surface area contributed by atoms with E-state index < -0.39 is 9.84 Å². The molecular formula is C22H22N4O2S2. The molecule has 4 aromatic rings. The number of nitrogens with zero attached hydrogens (tertiary/aromatic N) is 4. The number of rotatable bonds is 7. The predicted octanol–water partition coefficient (Wildman–Crippen LogP) is 4.29. The molecular weight excluding hydrogens is 416 g/mol. The summed E-state index contributed by atoms with van der Waals surface area (Å²) in [4.78, 5) is 5.30. The first-order valence-corrected chi connectivity index (χ1v) is 12.2. The maximum atomic E-state index is 13.2. The van der Waals surface area contributed by atoms with Crippen molar-refractivity contribution < 1.29 is 8.42 Å². The minimum Gasteiger partial charge on any atom is -0.302 e. The average Bonchev–Trinajstić information content (AvgIpc) is 3.33. The van der Waals surface area contributed by atoms with Gasteiger partial charge >= 0.3 is 0 Å². The highest BCUT2D eigenvalue weighted by Crippen LogP contribution is 2.30. The molecule has 4 rings (SSSR count). The van der Waals surface area contributed by atoms with Gasteiger partial charge < -0.3 is 4.57 Å². The SMILES string of the molecule is CCn1c(Cc2ccccc2)nnc1S(=O)(=O)Cc1sc(-c2ccccc2)nc1C. The zero-order chi connectivity index (χ0) is 21.1. The molecule has 2 aromatic carbocycles. The molecule has 0 fully saturated rings. The third kappa shape index (κ3) is 4.20. The van der Waals surface area contributed by atoms with Crippen LogP contribution in [-0.2, 0) is 28.6 Å². The van der Waals surface area contributed by atoms with E-state index in [0.717, 1.165) is 26.7 Å². The van der Waals surface area contributed by atoms with Gasteiger partial charge in [0.2, 0.25) is 15.0 Å². The normalized spacial score (nSPS) is 11.7. The Morgan fingerprint density at radius 1 is 0.967 bits per heavy atom. The van der Waals surface area contributed by atoms with Crippen LogP contribution in [0.4, 0.5) is 0 Å². The Kier molecular flexibility index (Phi) is 5.78. The molecule has 0 saturated heterocycles. The Balaban J connectivity index is 1.62. The lowest BCUT2D eigenvalue weighted by Crippen LogP contribution is -2.14. The molecule has 0 aliphatic rings. The fourth-order valence-electron chi connectivity index (χ4n) is 3.28. The van der Waals surface area contributed by atoms with Crippen LogP contribution in [0.2, 0.25) is 0 Å². The monoisotopic (exact) mass is 438 g/mol. The van der Waals surface area contributed by atoms with Gasteiger partial charge in [0, 0.05) is 23.4 Å². The summed E-state index contributed by atoms with van der Waals surface area (Å²) in [6.45, 7) is 4.24. The number of aromatic nitrogens is 4. The van der Waals surface area contributed by atoms with E-state index in [2.05, 4.69) is 15.2 Å². The first-order valence-electron chi connectivity index (χ1n) is 9.68. The maximum absolute atomic E-state index is 13.2. The van der Waals surface area contributed by atoms with Gasteiger partial charge in [0.1, 0.15) is 10.8 Å². The molecule has 0 bridgehead atoms. The van der Waals surface area contributed by atoms with Crippen molar-refractivity contribution in [2.45, 2.75) is 37.7 Å². The molecule has 2 aromatic heterocycles. The minimum atomic E-state index is -3.66. The lowest BCUT2D eigenvalue weighted by atomic mass is 10.1. The summed E-state index contributed by atoms with van der Waals surface area (Å²) < 4.78 is 28.1. The number of hydrogen-bond acceptors (Lipinski definition) is 6. The third-order valence-corrected chi connectivity index (χ3v) is 7.74. The molecule has 0 aliphatic heterocycles. The van der Waals surface area contributed by atoms with E-state index in [-0.39, 0.29) is 10.9 Å². The van der Waals surface area contributed by atoms with E-state index in [4.69, 9.17) is 0 Å². The second-order valence-electron chi connectivity index (χ2n) is 6.96. The third-order valence-electron chi connectivity index (χ3n) is 4.83.